The van der Waals surface area contributed by atoms with E-state index in [1.54, 1.807) is 7.11 Å². The number of rotatable bonds is 4. The molecule has 0 radical (unpaired) electrons. The van der Waals surface area contributed by atoms with Crippen molar-refractivity contribution in [3.05, 3.63) is 29.3 Å². The number of carbonyl (C=O) groups is 1. The summed E-state index contributed by atoms with van der Waals surface area (Å²) in [5.74, 6) is 0.611. The van der Waals surface area contributed by atoms with Gasteiger partial charge < -0.3 is 14.2 Å². The minimum atomic E-state index is -0.431. The lowest BCUT2D eigenvalue weighted by molar-refractivity contribution is -0.152. The second-order valence-electron chi connectivity index (χ2n) is 5.90. The highest BCUT2D eigenvalue weighted by Crippen LogP contribution is 2.42. The summed E-state index contributed by atoms with van der Waals surface area (Å²) in [7, 11) is 1.65. The molecule has 2 unspecified atom stereocenters. The molecule has 2 atom stereocenters. The fraction of sp³-hybridized carbons (Fsp3) is 0.588. The molecule has 114 valence electrons. The second-order valence-corrected chi connectivity index (χ2v) is 5.90. The molecule has 2 fully saturated rings. The largest absolute Gasteiger partial charge is 0.497 e. The molecule has 1 aromatic rings. The van der Waals surface area contributed by atoms with Gasteiger partial charge in [-0.1, -0.05) is 12.5 Å². The molecule has 4 nitrogen and oxygen atoms in total. The Hall–Kier alpha value is -1.55. The van der Waals surface area contributed by atoms with Crippen LogP contribution in [0.3, 0.4) is 0 Å². The molecule has 0 N–H and O–H groups in total. The van der Waals surface area contributed by atoms with E-state index in [0.717, 1.165) is 42.6 Å². The van der Waals surface area contributed by atoms with Crippen LogP contribution >= 0.6 is 0 Å². The summed E-state index contributed by atoms with van der Waals surface area (Å²) in [6, 6.07) is 5.82. The quantitative estimate of drug-likeness (QED) is 0.630. The summed E-state index contributed by atoms with van der Waals surface area (Å²) in [6.07, 6.45) is 5.05. The monoisotopic (exact) mass is 290 g/mol. The average molecular weight is 290 g/mol. The number of epoxide rings is 1. The van der Waals surface area contributed by atoms with Crippen LogP contribution in [0.25, 0.3) is 0 Å². The summed E-state index contributed by atoms with van der Waals surface area (Å²) in [6.45, 7) is 2.00. The van der Waals surface area contributed by atoms with Crippen molar-refractivity contribution in [1.82, 2.24) is 0 Å². The number of methoxy groups -OCH3 is 1. The Labute approximate surface area is 125 Å². The molecule has 2 aliphatic rings. The van der Waals surface area contributed by atoms with E-state index in [-0.39, 0.29) is 18.2 Å². The Kier molecular flexibility index (Phi) is 4.15. The van der Waals surface area contributed by atoms with E-state index in [0.29, 0.717) is 0 Å². The first kappa shape index (κ1) is 14.4. The molecular weight excluding hydrogens is 268 g/mol. The number of carbonyl (C=O) groups excluding carboxylic acids is 1. The van der Waals surface area contributed by atoms with E-state index in [1.165, 1.54) is 6.42 Å². The summed E-state index contributed by atoms with van der Waals surface area (Å²) in [4.78, 5) is 12.1. The van der Waals surface area contributed by atoms with E-state index in [4.69, 9.17) is 14.2 Å². The van der Waals surface area contributed by atoms with E-state index >= 15 is 0 Å². The normalized spacial score (nSPS) is 25.4. The van der Waals surface area contributed by atoms with Crippen LogP contribution in [0, 0.1) is 6.92 Å². The minimum Gasteiger partial charge on any atom is -0.497 e. The SMILES string of the molecule is COc1ccc(C2OC2C(=O)OC2CCCCC2)c(C)c1. The first-order valence-corrected chi connectivity index (χ1v) is 7.69. The van der Waals surface area contributed by atoms with Gasteiger partial charge in [-0.3, -0.25) is 0 Å². The van der Waals surface area contributed by atoms with Gasteiger partial charge in [-0.2, -0.15) is 0 Å². The molecule has 21 heavy (non-hydrogen) atoms. The number of ether oxygens (including phenoxy) is 3. The van der Waals surface area contributed by atoms with Crippen LogP contribution in [0.2, 0.25) is 0 Å². The van der Waals surface area contributed by atoms with Gasteiger partial charge in [0, 0.05) is 0 Å². The van der Waals surface area contributed by atoms with Gasteiger partial charge in [0.2, 0.25) is 0 Å². The Morgan fingerprint density at radius 1 is 1.24 bits per heavy atom. The zero-order chi connectivity index (χ0) is 14.8. The van der Waals surface area contributed by atoms with Crippen molar-refractivity contribution in [3.63, 3.8) is 0 Å². The van der Waals surface area contributed by atoms with Gasteiger partial charge >= 0.3 is 5.97 Å². The lowest BCUT2D eigenvalue weighted by Gasteiger charge is -2.21. The molecular formula is C17H22O4. The Balaban J connectivity index is 1.59. The van der Waals surface area contributed by atoms with Gasteiger partial charge in [0.1, 0.15) is 18.0 Å². The van der Waals surface area contributed by atoms with Crippen molar-refractivity contribution in [1.29, 1.82) is 0 Å². The highest BCUT2D eigenvalue weighted by Gasteiger charge is 2.48. The van der Waals surface area contributed by atoms with Crippen LogP contribution < -0.4 is 4.74 Å². The third-order valence-corrected chi connectivity index (χ3v) is 4.34. The van der Waals surface area contributed by atoms with Gasteiger partial charge in [-0.05, 0) is 55.9 Å². The fourth-order valence-electron chi connectivity index (χ4n) is 3.04. The van der Waals surface area contributed by atoms with Crippen molar-refractivity contribution in [2.45, 2.75) is 57.3 Å². The Morgan fingerprint density at radius 3 is 2.67 bits per heavy atom. The van der Waals surface area contributed by atoms with E-state index in [1.807, 2.05) is 25.1 Å². The second kappa shape index (κ2) is 6.06. The molecule has 0 aromatic heterocycles. The first-order chi connectivity index (χ1) is 10.2. The maximum Gasteiger partial charge on any atom is 0.338 e. The van der Waals surface area contributed by atoms with Crippen LogP contribution in [-0.4, -0.2) is 25.3 Å². The number of benzene rings is 1. The predicted octanol–water partition coefficient (Wildman–Crippen LogP) is 3.32. The van der Waals surface area contributed by atoms with Crippen molar-refractivity contribution in [2.75, 3.05) is 7.11 Å². The number of esters is 1. The molecule has 0 spiro atoms. The molecule has 1 aromatic carbocycles. The molecule has 0 amide bonds. The molecule has 3 rings (SSSR count). The van der Waals surface area contributed by atoms with Gasteiger partial charge in [-0.15, -0.1) is 0 Å². The zero-order valence-electron chi connectivity index (χ0n) is 12.6. The molecule has 1 heterocycles. The highest BCUT2D eigenvalue weighted by atomic mass is 16.6. The summed E-state index contributed by atoms with van der Waals surface area (Å²) in [5.41, 5.74) is 2.12. The zero-order valence-corrected chi connectivity index (χ0v) is 12.6. The van der Waals surface area contributed by atoms with Gasteiger partial charge in [0.05, 0.1) is 7.11 Å². The van der Waals surface area contributed by atoms with E-state index in [2.05, 4.69) is 0 Å². The topological polar surface area (TPSA) is 48.1 Å². The standard InChI is InChI=1S/C17H22O4/c1-11-10-13(19-2)8-9-14(11)15-16(21-15)17(18)20-12-6-4-3-5-7-12/h8-10,12,15-16H,3-7H2,1-2H3. The van der Waals surface area contributed by atoms with Gasteiger partial charge in [-0.25, -0.2) is 4.79 Å². The molecule has 1 aliphatic carbocycles. The predicted molar refractivity (Wildman–Crippen MR) is 78.3 cm³/mol. The lowest BCUT2D eigenvalue weighted by Crippen LogP contribution is -2.24. The molecule has 1 saturated carbocycles. The van der Waals surface area contributed by atoms with Crippen molar-refractivity contribution >= 4 is 5.97 Å². The summed E-state index contributed by atoms with van der Waals surface area (Å²) >= 11 is 0. The van der Waals surface area contributed by atoms with E-state index in [9.17, 15) is 4.79 Å². The van der Waals surface area contributed by atoms with Crippen molar-refractivity contribution in [2.24, 2.45) is 0 Å². The van der Waals surface area contributed by atoms with Gasteiger partial charge in [0.25, 0.3) is 0 Å². The lowest BCUT2D eigenvalue weighted by atomic mass is 9.98. The van der Waals surface area contributed by atoms with E-state index < -0.39 is 6.10 Å². The van der Waals surface area contributed by atoms with Crippen LogP contribution in [0.15, 0.2) is 18.2 Å². The smallest absolute Gasteiger partial charge is 0.338 e. The van der Waals surface area contributed by atoms with Crippen LogP contribution in [0.4, 0.5) is 0 Å². The third-order valence-electron chi connectivity index (χ3n) is 4.34. The van der Waals surface area contributed by atoms with Crippen LogP contribution in [0.5, 0.6) is 5.75 Å². The molecule has 4 heteroatoms. The average Bonchev–Trinajstić information content (AvgIpc) is 3.28. The molecule has 1 saturated heterocycles. The maximum absolute atomic E-state index is 12.1. The summed E-state index contributed by atoms with van der Waals surface area (Å²) in [5, 5.41) is 0. The first-order valence-electron chi connectivity index (χ1n) is 7.69. The minimum absolute atomic E-state index is 0.0908. The van der Waals surface area contributed by atoms with Crippen molar-refractivity contribution in [3.8, 4) is 5.75 Å². The number of hydrogen-bond donors (Lipinski definition) is 0. The van der Waals surface area contributed by atoms with Crippen molar-refractivity contribution < 1.29 is 19.0 Å². The Morgan fingerprint density at radius 2 is 2.00 bits per heavy atom. The number of aryl methyl sites for hydroxylation is 1. The fourth-order valence-corrected chi connectivity index (χ4v) is 3.04. The highest BCUT2D eigenvalue weighted by molar-refractivity contribution is 5.78. The number of hydrogen-bond acceptors (Lipinski definition) is 4. The molecule has 0 bridgehead atoms. The summed E-state index contributed by atoms with van der Waals surface area (Å²) < 4.78 is 16.3. The molecule has 1 aliphatic heterocycles. The van der Waals surface area contributed by atoms with Crippen LogP contribution in [0.1, 0.15) is 49.3 Å². The third kappa shape index (κ3) is 3.21. The maximum atomic E-state index is 12.1. The Bertz CT molecular complexity index is 520. The van der Waals surface area contributed by atoms with Crippen LogP contribution in [-0.2, 0) is 14.3 Å². The van der Waals surface area contributed by atoms with Gasteiger partial charge in [0.15, 0.2) is 6.10 Å².